The Morgan fingerprint density at radius 1 is 0.900 bits per heavy atom. The minimum Gasteiger partial charge on any atom is -0.494 e. The van der Waals surface area contributed by atoms with E-state index in [0.717, 1.165) is 35.8 Å². The molecule has 0 unspecified atom stereocenters. The van der Waals surface area contributed by atoms with Gasteiger partial charge in [-0.1, -0.05) is 19.1 Å². The van der Waals surface area contributed by atoms with Gasteiger partial charge in [-0.2, -0.15) is 0 Å². The highest BCUT2D eigenvalue weighted by Crippen LogP contribution is 2.25. The molecule has 0 amide bonds. The maximum atomic E-state index is 5.82. The summed E-state index contributed by atoms with van der Waals surface area (Å²) in [6.07, 6.45) is 1.00. The van der Waals surface area contributed by atoms with Crippen LogP contribution in [0.3, 0.4) is 0 Å². The minimum atomic E-state index is 0.0408. The highest BCUT2D eigenvalue weighted by Gasteiger charge is 2.01. The molecule has 3 heteroatoms. The third-order valence-electron chi connectivity index (χ3n) is 2.94. The molecular formula is C17H21NO2. The lowest BCUT2D eigenvalue weighted by atomic mass is 10.1. The van der Waals surface area contributed by atoms with Crippen LogP contribution in [0.1, 0.15) is 31.9 Å². The number of rotatable bonds is 6. The summed E-state index contributed by atoms with van der Waals surface area (Å²) >= 11 is 0. The number of nitrogens with two attached hydrogens (primary N) is 1. The lowest BCUT2D eigenvalue weighted by Crippen LogP contribution is -2.04. The molecule has 0 saturated heterocycles. The molecule has 0 bridgehead atoms. The molecule has 0 aliphatic carbocycles. The first-order valence-electron chi connectivity index (χ1n) is 6.95. The molecule has 0 aliphatic rings. The van der Waals surface area contributed by atoms with Crippen molar-refractivity contribution in [3.63, 3.8) is 0 Å². The Labute approximate surface area is 120 Å². The van der Waals surface area contributed by atoms with Crippen LogP contribution < -0.4 is 15.2 Å². The van der Waals surface area contributed by atoms with E-state index >= 15 is 0 Å². The minimum absolute atomic E-state index is 0.0408. The van der Waals surface area contributed by atoms with E-state index in [2.05, 4.69) is 6.92 Å². The predicted octanol–water partition coefficient (Wildman–Crippen LogP) is 4.29. The second kappa shape index (κ2) is 6.96. The number of hydrogen-bond donors (Lipinski definition) is 1. The van der Waals surface area contributed by atoms with E-state index in [0.29, 0.717) is 0 Å². The first-order chi connectivity index (χ1) is 9.69. The van der Waals surface area contributed by atoms with E-state index < -0.39 is 0 Å². The average molecular weight is 271 g/mol. The fraction of sp³-hybridized carbons (Fsp3) is 0.294. The topological polar surface area (TPSA) is 44.5 Å². The van der Waals surface area contributed by atoms with Gasteiger partial charge in [-0.05, 0) is 55.3 Å². The van der Waals surface area contributed by atoms with E-state index in [1.807, 2.05) is 55.5 Å². The maximum absolute atomic E-state index is 5.82. The molecule has 20 heavy (non-hydrogen) atoms. The van der Waals surface area contributed by atoms with Crippen LogP contribution in [0, 0.1) is 0 Å². The summed E-state index contributed by atoms with van der Waals surface area (Å²) in [5.74, 6) is 2.46. The molecule has 0 heterocycles. The van der Waals surface area contributed by atoms with Crippen molar-refractivity contribution in [2.75, 3.05) is 6.61 Å². The van der Waals surface area contributed by atoms with Crippen molar-refractivity contribution in [3.8, 4) is 17.2 Å². The second-order valence-electron chi connectivity index (χ2n) is 4.78. The van der Waals surface area contributed by atoms with Gasteiger partial charge in [-0.15, -0.1) is 0 Å². The molecule has 2 aromatic carbocycles. The predicted molar refractivity (Wildman–Crippen MR) is 81.3 cm³/mol. The smallest absolute Gasteiger partial charge is 0.127 e. The lowest BCUT2D eigenvalue weighted by Gasteiger charge is -2.09. The van der Waals surface area contributed by atoms with Crippen LogP contribution in [0.5, 0.6) is 17.2 Å². The number of hydrogen-bond acceptors (Lipinski definition) is 3. The second-order valence-corrected chi connectivity index (χ2v) is 4.78. The zero-order valence-corrected chi connectivity index (χ0v) is 12.0. The van der Waals surface area contributed by atoms with Gasteiger partial charge in [0.2, 0.25) is 0 Å². The Kier molecular flexibility index (Phi) is 5.02. The van der Waals surface area contributed by atoms with E-state index in [-0.39, 0.29) is 6.04 Å². The molecule has 2 aromatic rings. The molecule has 3 nitrogen and oxygen atoms in total. The fourth-order valence-corrected chi connectivity index (χ4v) is 1.80. The van der Waals surface area contributed by atoms with Crippen LogP contribution >= 0.6 is 0 Å². The van der Waals surface area contributed by atoms with Crippen molar-refractivity contribution in [3.05, 3.63) is 54.1 Å². The van der Waals surface area contributed by atoms with Gasteiger partial charge in [0.25, 0.3) is 0 Å². The fourth-order valence-electron chi connectivity index (χ4n) is 1.80. The van der Waals surface area contributed by atoms with Gasteiger partial charge in [0, 0.05) is 6.04 Å². The molecule has 106 valence electrons. The summed E-state index contributed by atoms with van der Waals surface area (Å²) in [4.78, 5) is 0. The normalized spacial score (nSPS) is 11.9. The maximum Gasteiger partial charge on any atom is 0.127 e. The summed E-state index contributed by atoms with van der Waals surface area (Å²) in [6, 6.07) is 15.5. The number of benzene rings is 2. The molecule has 0 saturated carbocycles. The van der Waals surface area contributed by atoms with E-state index in [1.165, 1.54) is 0 Å². The van der Waals surface area contributed by atoms with Crippen LogP contribution in [-0.2, 0) is 0 Å². The first kappa shape index (κ1) is 14.4. The van der Waals surface area contributed by atoms with Gasteiger partial charge >= 0.3 is 0 Å². The van der Waals surface area contributed by atoms with Gasteiger partial charge in [0.1, 0.15) is 17.2 Å². The summed E-state index contributed by atoms with van der Waals surface area (Å²) in [7, 11) is 0. The van der Waals surface area contributed by atoms with Gasteiger partial charge in [0.05, 0.1) is 6.61 Å². The first-order valence-corrected chi connectivity index (χ1v) is 6.95. The van der Waals surface area contributed by atoms with Gasteiger partial charge in [0.15, 0.2) is 0 Å². The Hall–Kier alpha value is -2.00. The Morgan fingerprint density at radius 3 is 1.90 bits per heavy atom. The van der Waals surface area contributed by atoms with Crippen molar-refractivity contribution in [1.29, 1.82) is 0 Å². The third kappa shape index (κ3) is 4.00. The molecule has 0 aromatic heterocycles. The van der Waals surface area contributed by atoms with E-state index in [4.69, 9.17) is 15.2 Å². The van der Waals surface area contributed by atoms with E-state index in [1.54, 1.807) is 0 Å². The highest BCUT2D eigenvalue weighted by atomic mass is 16.5. The molecule has 2 N–H and O–H groups in total. The summed E-state index contributed by atoms with van der Waals surface area (Å²) in [5, 5.41) is 0. The summed E-state index contributed by atoms with van der Waals surface area (Å²) in [5.41, 5.74) is 6.92. The van der Waals surface area contributed by atoms with Crippen LogP contribution in [-0.4, -0.2) is 6.61 Å². The molecular weight excluding hydrogens is 250 g/mol. The quantitative estimate of drug-likeness (QED) is 0.852. The van der Waals surface area contributed by atoms with Crippen molar-refractivity contribution in [2.24, 2.45) is 5.73 Å². The monoisotopic (exact) mass is 271 g/mol. The number of ether oxygens (including phenoxy) is 2. The van der Waals surface area contributed by atoms with E-state index in [9.17, 15) is 0 Å². The molecule has 0 fully saturated rings. The van der Waals surface area contributed by atoms with Crippen LogP contribution in [0.15, 0.2) is 48.5 Å². The van der Waals surface area contributed by atoms with Crippen molar-refractivity contribution in [2.45, 2.75) is 26.3 Å². The van der Waals surface area contributed by atoms with Crippen molar-refractivity contribution >= 4 is 0 Å². The lowest BCUT2D eigenvalue weighted by molar-refractivity contribution is 0.317. The molecule has 0 radical (unpaired) electrons. The molecule has 1 atom stereocenters. The highest BCUT2D eigenvalue weighted by molar-refractivity contribution is 5.36. The average Bonchev–Trinajstić information content (AvgIpc) is 2.47. The van der Waals surface area contributed by atoms with Crippen LogP contribution in [0.2, 0.25) is 0 Å². The summed E-state index contributed by atoms with van der Waals surface area (Å²) < 4.78 is 11.3. The standard InChI is InChI=1S/C17H21NO2/c1-3-12-19-15-8-10-17(11-9-15)20-16-6-4-14(5-7-16)13(2)18/h4-11,13H,3,12,18H2,1-2H3/t13-/m1/s1. The zero-order chi connectivity index (χ0) is 14.4. The Morgan fingerprint density at radius 2 is 1.40 bits per heavy atom. The van der Waals surface area contributed by atoms with Crippen LogP contribution in [0.25, 0.3) is 0 Å². The molecule has 2 rings (SSSR count). The van der Waals surface area contributed by atoms with Crippen molar-refractivity contribution in [1.82, 2.24) is 0 Å². The van der Waals surface area contributed by atoms with Crippen LogP contribution in [0.4, 0.5) is 0 Å². The summed E-state index contributed by atoms with van der Waals surface area (Å²) in [6.45, 7) is 4.78. The third-order valence-corrected chi connectivity index (χ3v) is 2.94. The van der Waals surface area contributed by atoms with Crippen molar-refractivity contribution < 1.29 is 9.47 Å². The molecule has 0 spiro atoms. The Bertz CT molecular complexity index is 518. The van der Waals surface area contributed by atoms with Gasteiger partial charge in [-0.3, -0.25) is 0 Å². The van der Waals surface area contributed by atoms with Gasteiger partial charge < -0.3 is 15.2 Å². The van der Waals surface area contributed by atoms with Gasteiger partial charge in [-0.25, -0.2) is 0 Å². The zero-order valence-electron chi connectivity index (χ0n) is 12.0. The molecule has 0 aliphatic heterocycles. The Balaban J connectivity index is 1.98. The largest absolute Gasteiger partial charge is 0.494 e. The SMILES string of the molecule is CCCOc1ccc(Oc2ccc([C@@H](C)N)cc2)cc1.